The monoisotopic (exact) mass is 227 g/mol. The van der Waals surface area contributed by atoms with Crippen LogP contribution in [-0.2, 0) is 4.79 Å². The topological polar surface area (TPSA) is 72.5 Å². The van der Waals surface area contributed by atoms with Crippen molar-refractivity contribution < 1.29 is 19.0 Å². The van der Waals surface area contributed by atoms with E-state index in [1.807, 2.05) is 0 Å². The average molecular weight is 227 g/mol. The summed E-state index contributed by atoms with van der Waals surface area (Å²) in [6, 6.07) is 3.06. The molecule has 0 aliphatic rings. The number of hydrogen-bond acceptors (Lipinski definition) is 3. The van der Waals surface area contributed by atoms with Gasteiger partial charge in [0.05, 0.1) is 13.0 Å². The van der Waals surface area contributed by atoms with Gasteiger partial charge < -0.3 is 15.6 Å². The second kappa shape index (κ2) is 4.94. The molecule has 1 rings (SSSR count). The molecule has 0 fully saturated rings. The van der Waals surface area contributed by atoms with Crippen LogP contribution >= 0.6 is 0 Å². The summed E-state index contributed by atoms with van der Waals surface area (Å²) in [5.74, 6) is -1.92. The summed E-state index contributed by atoms with van der Waals surface area (Å²) >= 11 is 0. The number of methoxy groups -OCH3 is 1. The van der Waals surface area contributed by atoms with Crippen molar-refractivity contribution in [3.8, 4) is 5.75 Å². The van der Waals surface area contributed by atoms with Gasteiger partial charge in [0.1, 0.15) is 11.6 Å². The summed E-state index contributed by atoms with van der Waals surface area (Å²) in [5.41, 5.74) is 6.12. The number of ether oxygens (including phenoxy) is 1. The van der Waals surface area contributed by atoms with E-state index in [1.165, 1.54) is 32.2 Å². The van der Waals surface area contributed by atoms with E-state index in [-0.39, 0.29) is 0 Å². The molecule has 1 aromatic carbocycles. The third kappa shape index (κ3) is 2.49. The van der Waals surface area contributed by atoms with E-state index in [9.17, 15) is 9.18 Å². The fourth-order valence-electron chi connectivity index (χ4n) is 1.39. The molecule has 3 N–H and O–H groups in total. The van der Waals surface area contributed by atoms with Crippen LogP contribution in [0.2, 0.25) is 0 Å². The quantitative estimate of drug-likeness (QED) is 0.818. The Morgan fingerprint density at radius 1 is 1.56 bits per heavy atom. The molecule has 0 radical (unpaired) electrons. The Balaban J connectivity index is 3.10. The molecule has 0 aliphatic heterocycles. The van der Waals surface area contributed by atoms with Crippen molar-refractivity contribution in [2.24, 2.45) is 11.7 Å². The van der Waals surface area contributed by atoms with Crippen LogP contribution in [0.25, 0.3) is 0 Å². The number of carbonyl (C=O) groups is 1. The minimum atomic E-state index is -1.03. The Bertz CT molecular complexity index is 395. The molecule has 0 amide bonds. The van der Waals surface area contributed by atoms with E-state index < -0.39 is 23.7 Å². The molecule has 0 bridgehead atoms. The van der Waals surface area contributed by atoms with Crippen LogP contribution in [-0.4, -0.2) is 18.2 Å². The maximum atomic E-state index is 13.0. The summed E-state index contributed by atoms with van der Waals surface area (Å²) in [4.78, 5) is 10.8. The average Bonchev–Trinajstić information content (AvgIpc) is 2.26. The lowest BCUT2D eigenvalue weighted by Gasteiger charge is -2.19. The first-order valence-corrected chi connectivity index (χ1v) is 4.79. The highest BCUT2D eigenvalue weighted by Crippen LogP contribution is 2.29. The van der Waals surface area contributed by atoms with E-state index in [0.717, 1.165) is 0 Å². The van der Waals surface area contributed by atoms with Crippen molar-refractivity contribution in [2.75, 3.05) is 7.11 Å². The van der Waals surface area contributed by atoms with Crippen molar-refractivity contribution in [1.82, 2.24) is 0 Å². The molecular formula is C11H14FNO3. The maximum Gasteiger partial charge on any atom is 0.308 e. The molecule has 2 unspecified atom stereocenters. The van der Waals surface area contributed by atoms with Crippen molar-refractivity contribution in [2.45, 2.75) is 13.0 Å². The lowest BCUT2D eigenvalue weighted by atomic mass is 9.94. The van der Waals surface area contributed by atoms with Crippen molar-refractivity contribution in [1.29, 1.82) is 0 Å². The highest BCUT2D eigenvalue weighted by Gasteiger charge is 2.24. The summed E-state index contributed by atoms with van der Waals surface area (Å²) in [6.45, 7) is 1.47. The number of benzene rings is 1. The molecule has 0 spiro atoms. The zero-order valence-corrected chi connectivity index (χ0v) is 9.11. The molecule has 0 aromatic heterocycles. The Hall–Kier alpha value is -1.62. The van der Waals surface area contributed by atoms with Gasteiger partial charge in [0.15, 0.2) is 0 Å². The maximum absolute atomic E-state index is 13.0. The minimum Gasteiger partial charge on any atom is -0.496 e. The number of nitrogens with two attached hydrogens (primary N) is 1. The van der Waals surface area contributed by atoms with Gasteiger partial charge in [-0.3, -0.25) is 4.79 Å². The molecular weight excluding hydrogens is 213 g/mol. The number of aliphatic carboxylic acids is 1. The molecule has 16 heavy (non-hydrogen) atoms. The molecule has 0 heterocycles. The predicted octanol–water partition coefficient (Wildman–Crippen LogP) is 1.55. The van der Waals surface area contributed by atoms with Crippen LogP contribution in [0, 0.1) is 11.7 Å². The van der Waals surface area contributed by atoms with Gasteiger partial charge >= 0.3 is 5.97 Å². The van der Waals surface area contributed by atoms with Gasteiger partial charge in [-0.05, 0) is 18.2 Å². The fraction of sp³-hybridized carbons (Fsp3) is 0.364. The normalized spacial score (nSPS) is 14.2. The van der Waals surface area contributed by atoms with Crippen LogP contribution in [0.15, 0.2) is 18.2 Å². The number of hydrogen-bond donors (Lipinski definition) is 2. The van der Waals surface area contributed by atoms with Crippen molar-refractivity contribution in [3.05, 3.63) is 29.6 Å². The highest BCUT2D eigenvalue weighted by atomic mass is 19.1. The first-order chi connectivity index (χ1) is 7.47. The standard InChI is InChI=1S/C11H14FNO3/c1-6(11(14)15)10(13)8-5-7(12)3-4-9(8)16-2/h3-6,10H,13H2,1-2H3,(H,14,15). The number of rotatable bonds is 4. The molecule has 2 atom stereocenters. The Morgan fingerprint density at radius 3 is 2.69 bits per heavy atom. The van der Waals surface area contributed by atoms with Crippen LogP contribution < -0.4 is 10.5 Å². The van der Waals surface area contributed by atoms with Crippen molar-refractivity contribution in [3.63, 3.8) is 0 Å². The predicted molar refractivity (Wildman–Crippen MR) is 56.7 cm³/mol. The first kappa shape index (κ1) is 12.4. The van der Waals surface area contributed by atoms with Crippen LogP contribution in [0.5, 0.6) is 5.75 Å². The lowest BCUT2D eigenvalue weighted by molar-refractivity contribution is -0.141. The van der Waals surface area contributed by atoms with Gasteiger partial charge in [0.25, 0.3) is 0 Å². The van der Waals surface area contributed by atoms with Crippen LogP contribution in [0.3, 0.4) is 0 Å². The van der Waals surface area contributed by atoms with Gasteiger partial charge in [-0.2, -0.15) is 0 Å². The fourth-order valence-corrected chi connectivity index (χ4v) is 1.39. The van der Waals surface area contributed by atoms with Gasteiger partial charge in [0.2, 0.25) is 0 Å². The van der Waals surface area contributed by atoms with E-state index in [0.29, 0.717) is 11.3 Å². The third-order valence-corrected chi connectivity index (χ3v) is 2.48. The largest absolute Gasteiger partial charge is 0.496 e. The summed E-state index contributed by atoms with van der Waals surface area (Å²) < 4.78 is 18.1. The molecule has 4 nitrogen and oxygen atoms in total. The Morgan fingerprint density at radius 2 is 2.19 bits per heavy atom. The van der Waals surface area contributed by atoms with E-state index in [2.05, 4.69) is 0 Å². The van der Waals surface area contributed by atoms with Crippen molar-refractivity contribution >= 4 is 5.97 Å². The number of carboxylic acid groups (broad SMARTS) is 1. The Labute approximate surface area is 92.8 Å². The number of carboxylic acids is 1. The van der Waals surface area contributed by atoms with E-state index in [1.54, 1.807) is 0 Å². The van der Waals surface area contributed by atoms with E-state index in [4.69, 9.17) is 15.6 Å². The number of halogens is 1. The van der Waals surface area contributed by atoms with Crippen LogP contribution in [0.4, 0.5) is 4.39 Å². The Kier molecular flexibility index (Phi) is 3.84. The smallest absolute Gasteiger partial charge is 0.308 e. The SMILES string of the molecule is COc1ccc(F)cc1C(N)C(C)C(=O)O. The highest BCUT2D eigenvalue weighted by molar-refractivity contribution is 5.71. The summed E-state index contributed by atoms with van der Waals surface area (Å²) in [6.07, 6.45) is 0. The van der Waals surface area contributed by atoms with Gasteiger partial charge in [-0.1, -0.05) is 6.92 Å². The van der Waals surface area contributed by atoms with Gasteiger partial charge in [0, 0.05) is 11.6 Å². The van der Waals surface area contributed by atoms with Crippen LogP contribution in [0.1, 0.15) is 18.5 Å². The molecule has 88 valence electrons. The zero-order chi connectivity index (χ0) is 12.3. The first-order valence-electron chi connectivity index (χ1n) is 4.79. The summed E-state index contributed by atoms with van der Waals surface area (Å²) in [7, 11) is 1.43. The molecule has 0 aliphatic carbocycles. The lowest BCUT2D eigenvalue weighted by Crippen LogP contribution is -2.26. The molecule has 5 heteroatoms. The molecule has 1 aromatic rings. The second-order valence-electron chi connectivity index (χ2n) is 3.54. The zero-order valence-electron chi connectivity index (χ0n) is 9.11. The summed E-state index contributed by atoms with van der Waals surface area (Å²) in [5, 5.41) is 8.83. The molecule has 0 saturated heterocycles. The minimum absolute atomic E-state index is 0.359. The second-order valence-corrected chi connectivity index (χ2v) is 3.54. The van der Waals surface area contributed by atoms with Gasteiger partial charge in [-0.15, -0.1) is 0 Å². The van der Waals surface area contributed by atoms with Gasteiger partial charge in [-0.25, -0.2) is 4.39 Å². The molecule has 0 saturated carbocycles. The van der Waals surface area contributed by atoms with E-state index >= 15 is 0 Å². The third-order valence-electron chi connectivity index (χ3n) is 2.48.